The number of esters is 1. The summed E-state index contributed by atoms with van der Waals surface area (Å²) >= 11 is 0. The lowest BCUT2D eigenvalue weighted by molar-refractivity contribution is -0.150. The first-order valence-corrected chi connectivity index (χ1v) is 4.56. The van der Waals surface area contributed by atoms with Gasteiger partial charge in [-0.25, -0.2) is 9.18 Å². The quantitative estimate of drug-likeness (QED) is 0.766. The van der Waals surface area contributed by atoms with Crippen LogP contribution in [0.5, 0.6) is 0 Å². The number of ether oxygens (including phenoxy) is 1. The van der Waals surface area contributed by atoms with Crippen LogP contribution in [-0.2, 0) is 16.0 Å². The number of aliphatic hydroxyl groups is 1. The lowest BCUT2D eigenvalue weighted by atomic mass is 10.0. The van der Waals surface area contributed by atoms with Crippen molar-refractivity contribution in [1.82, 2.24) is 0 Å². The van der Waals surface area contributed by atoms with Gasteiger partial charge in [-0.2, -0.15) is 0 Å². The van der Waals surface area contributed by atoms with E-state index in [2.05, 4.69) is 4.74 Å². The molecule has 0 heterocycles. The molecule has 0 aliphatic rings. The fraction of sp³-hybridized carbons (Fsp3) is 0.364. The standard InChI is InChI=1S/C11H13FO3/c1-7-4-3-5-9(12)8(7)6-10(13)11(14)15-2/h3-5,10,13H,6H2,1-2H3. The second kappa shape index (κ2) is 4.89. The predicted molar refractivity (Wildman–Crippen MR) is 52.9 cm³/mol. The van der Waals surface area contributed by atoms with E-state index in [-0.39, 0.29) is 6.42 Å². The number of carbonyl (C=O) groups is 1. The minimum atomic E-state index is -1.31. The molecule has 1 atom stereocenters. The number of hydrogen-bond acceptors (Lipinski definition) is 3. The third-order valence-electron chi connectivity index (χ3n) is 2.22. The van der Waals surface area contributed by atoms with Crippen molar-refractivity contribution in [3.63, 3.8) is 0 Å². The Labute approximate surface area is 87.5 Å². The van der Waals surface area contributed by atoms with E-state index in [9.17, 15) is 14.3 Å². The van der Waals surface area contributed by atoms with E-state index in [1.54, 1.807) is 19.1 Å². The third kappa shape index (κ3) is 2.76. The predicted octanol–water partition coefficient (Wildman–Crippen LogP) is 1.21. The number of rotatable bonds is 3. The summed E-state index contributed by atoms with van der Waals surface area (Å²) in [5.41, 5.74) is 1.05. The number of methoxy groups -OCH3 is 1. The van der Waals surface area contributed by atoms with Gasteiger partial charge in [-0.1, -0.05) is 12.1 Å². The van der Waals surface area contributed by atoms with Gasteiger partial charge in [0.05, 0.1) is 7.11 Å². The highest BCUT2D eigenvalue weighted by Gasteiger charge is 2.18. The lowest BCUT2D eigenvalue weighted by Crippen LogP contribution is -2.25. The molecule has 0 spiro atoms. The molecule has 1 aromatic rings. The molecule has 0 amide bonds. The van der Waals surface area contributed by atoms with Gasteiger partial charge in [-0.3, -0.25) is 0 Å². The maximum Gasteiger partial charge on any atom is 0.335 e. The first-order chi connectivity index (χ1) is 7.06. The summed E-state index contributed by atoms with van der Waals surface area (Å²) in [5, 5.41) is 9.38. The van der Waals surface area contributed by atoms with Gasteiger partial charge < -0.3 is 9.84 Å². The molecule has 0 saturated heterocycles. The summed E-state index contributed by atoms with van der Waals surface area (Å²) in [5.74, 6) is -1.17. The number of carbonyl (C=O) groups excluding carboxylic acids is 1. The molecule has 0 aliphatic carbocycles. The maximum atomic E-state index is 13.3. The van der Waals surface area contributed by atoms with E-state index in [1.165, 1.54) is 13.2 Å². The van der Waals surface area contributed by atoms with Crippen LogP contribution in [0.15, 0.2) is 18.2 Å². The smallest absolute Gasteiger partial charge is 0.335 e. The first-order valence-electron chi connectivity index (χ1n) is 4.56. The normalized spacial score (nSPS) is 12.3. The van der Waals surface area contributed by atoms with Gasteiger partial charge >= 0.3 is 5.97 Å². The molecule has 1 unspecified atom stereocenters. The van der Waals surface area contributed by atoms with E-state index < -0.39 is 17.9 Å². The molecule has 1 N–H and O–H groups in total. The highest BCUT2D eigenvalue weighted by atomic mass is 19.1. The Balaban J connectivity index is 2.85. The fourth-order valence-electron chi connectivity index (χ4n) is 1.34. The van der Waals surface area contributed by atoms with Gasteiger partial charge in [0.15, 0.2) is 6.10 Å². The molecule has 0 radical (unpaired) electrons. The van der Waals surface area contributed by atoms with Crippen LogP contribution in [0.25, 0.3) is 0 Å². The van der Waals surface area contributed by atoms with Gasteiger partial charge in [-0.05, 0) is 24.1 Å². The Bertz CT molecular complexity index is 343. The van der Waals surface area contributed by atoms with Gasteiger partial charge in [0.2, 0.25) is 0 Å². The zero-order valence-corrected chi connectivity index (χ0v) is 8.66. The molecular formula is C11H13FO3. The van der Waals surface area contributed by atoms with Crippen LogP contribution in [-0.4, -0.2) is 24.3 Å². The summed E-state index contributed by atoms with van der Waals surface area (Å²) in [6, 6.07) is 4.60. The van der Waals surface area contributed by atoms with Gasteiger partial charge in [0.1, 0.15) is 5.82 Å². The van der Waals surface area contributed by atoms with Crippen LogP contribution in [0.1, 0.15) is 11.1 Å². The van der Waals surface area contributed by atoms with Crippen LogP contribution in [0, 0.1) is 12.7 Å². The van der Waals surface area contributed by atoms with Gasteiger partial charge in [-0.15, -0.1) is 0 Å². The van der Waals surface area contributed by atoms with Crippen molar-refractivity contribution in [2.75, 3.05) is 7.11 Å². The highest BCUT2D eigenvalue weighted by Crippen LogP contribution is 2.15. The molecule has 82 valence electrons. The Kier molecular flexibility index (Phi) is 3.80. The molecule has 0 aromatic heterocycles. The fourth-order valence-corrected chi connectivity index (χ4v) is 1.34. The second-order valence-corrected chi connectivity index (χ2v) is 3.28. The molecular weight excluding hydrogens is 199 g/mol. The largest absolute Gasteiger partial charge is 0.467 e. The molecule has 0 fully saturated rings. The van der Waals surface area contributed by atoms with Crippen molar-refractivity contribution in [1.29, 1.82) is 0 Å². The Morgan fingerprint density at radius 2 is 2.27 bits per heavy atom. The topological polar surface area (TPSA) is 46.5 Å². The molecule has 0 bridgehead atoms. The van der Waals surface area contributed by atoms with Crippen molar-refractivity contribution >= 4 is 5.97 Å². The van der Waals surface area contributed by atoms with Crippen LogP contribution in [0.3, 0.4) is 0 Å². The monoisotopic (exact) mass is 212 g/mol. The summed E-state index contributed by atoms with van der Waals surface area (Å²) in [4.78, 5) is 10.9. The zero-order valence-electron chi connectivity index (χ0n) is 8.66. The average Bonchev–Trinajstić information content (AvgIpc) is 2.22. The average molecular weight is 212 g/mol. The van der Waals surface area contributed by atoms with Crippen molar-refractivity contribution < 1.29 is 19.0 Å². The number of hydrogen-bond donors (Lipinski definition) is 1. The van der Waals surface area contributed by atoms with Crippen molar-refractivity contribution in [2.45, 2.75) is 19.4 Å². The molecule has 4 heteroatoms. The highest BCUT2D eigenvalue weighted by molar-refractivity contribution is 5.74. The Morgan fingerprint density at radius 1 is 1.60 bits per heavy atom. The molecule has 15 heavy (non-hydrogen) atoms. The lowest BCUT2D eigenvalue weighted by Gasteiger charge is -2.11. The second-order valence-electron chi connectivity index (χ2n) is 3.28. The third-order valence-corrected chi connectivity index (χ3v) is 2.22. The number of aliphatic hydroxyl groups excluding tert-OH is 1. The molecule has 0 aliphatic heterocycles. The van der Waals surface area contributed by atoms with Crippen molar-refractivity contribution in [3.05, 3.63) is 35.1 Å². The molecule has 1 aromatic carbocycles. The number of aryl methyl sites for hydroxylation is 1. The van der Waals surface area contributed by atoms with Crippen molar-refractivity contribution in [3.8, 4) is 0 Å². The molecule has 1 rings (SSSR count). The number of halogens is 1. The van der Waals surface area contributed by atoms with Crippen LogP contribution in [0.2, 0.25) is 0 Å². The SMILES string of the molecule is COC(=O)C(O)Cc1c(C)cccc1F. The Morgan fingerprint density at radius 3 is 2.80 bits per heavy atom. The van der Waals surface area contributed by atoms with Crippen LogP contribution < -0.4 is 0 Å². The van der Waals surface area contributed by atoms with Crippen LogP contribution >= 0.6 is 0 Å². The van der Waals surface area contributed by atoms with Gasteiger partial charge in [0, 0.05) is 6.42 Å². The van der Waals surface area contributed by atoms with Gasteiger partial charge in [0.25, 0.3) is 0 Å². The van der Waals surface area contributed by atoms with E-state index >= 15 is 0 Å². The summed E-state index contributed by atoms with van der Waals surface area (Å²) in [7, 11) is 1.18. The zero-order chi connectivity index (χ0) is 11.4. The van der Waals surface area contributed by atoms with Crippen LogP contribution in [0.4, 0.5) is 4.39 Å². The minimum Gasteiger partial charge on any atom is -0.467 e. The van der Waals surface area contributed by atoms with Crippen molar-refractivity contribution in [2.24, 2.45) is 0 Å². The van der Waals surface area contributed by atoms with E-state index in [4.69, 9.17) is 0 Å². The number of benzene rings is 1. The van der Waals surface area contributed by atoms with E-state index in [0.717, 1.165) is 0 Å². The molecule has 3 nitrogen and oxygen atoms in total. The molecule has 0 saturated carbocycles. The van der Waals surface area contributed by atoms with E-state index in [1.807, 2.05) is 0 Å². The summed E-state index contributed by atoms with van der Waals surface area (Å²) in [6.45, 7) is 1.72. The Hall–Kier alpha value is -1.42. The minimum absolute atomic E-state index is 0.0643. The summed E-state index contributed by atoms with van der Waals surface area (Å²) < 4.78 is 17.7. The van der Waals surface area contributed by atoms with E-state index in [0.29, 0.717) is 11.1 Å². The summed E-state index contributed by atoms with van der Waals surface area (Å²) in [6.07, 6.45) is -1.38. The maximum absolute atomic E-state index is 13.3. The first kappa shape index (κ1) is 11.7.